The van der Waals surface area contributed by atoms with Crippen molar-refractivity contribution in [2.75, 3.05) is 0 Å². The highest BCUT2D eigenvalue weighted by Crippen LogP contribution is 2.19. The summed E-state index contributed by atoms with van der Waals surface area (Å²) in [5.74, 6) is 0. The Kier molecular flexibility index (Phi) is 5.99. The van der Waals surface area contributed by atoms with Crippen LogP contribution in [-0.2, 0) is 8.26 Å². The van der Waals surface area contributed by atoms with Crippen LogP contribution in [0.1, 0.15) is 12.0 Å². The zero-order valence-corrected chi connectivity index (χ0v) is 12.0. The van der Waals surface area contributed by atoms with Gasteiger partial charge in [-0.25, -0.2) is 0 Å². The fraction of sp³-hybridized carbons (Fsp3) is 0.0833. The smallest absolute Gasteiger partial charge is 0.317 e. The number of halogens is 2. The lowest BCUT2D eigenvalue weighted by molar-refractivity contribution is -0.00535. The molecule has 0 heterocycles. The van der Waals surface area contributed by atoms with E-state index in [0.717, 1.165) is 0 Å². The van der Waals surface area contributed by atoms with E-state index in [0.29, 0.717) is 12.1 Å². The molecule has 0 amide bonds. The monoisotopic (exact) mass is 316 g/mol. The lowest BCUT2D eigenvalue weighted by Gasteiger charge is -2.04. The molecule has 0 atom stereocenters. The number of benzene rings is 1. The van der Waals surface area contributed by atoms with Crippen LogP contribution in [0.15, 0.2) is 48.6 Å². The number of allylic oxidation sites excluding steroid dienone is 4. The maximum absolute atomic E-state index is 9.16. The SMILES string of the molecule is O=S(=O)(Cl)Cl.[N-]=[N+]=C1C=CC(c2ccccc2)=CC1. The van der Waals surface area contributed by atoms with Gasteiger partial charge >= 0.3 is 8.26 Å². The van der Waals surface area contributed by atoms with Gasteiger partial charge in [0.25, 0.3) is 5.71 Å². The minimum absolute atomic E-state index is 0.692. The number of rotatable bonds is 1. The first-order valence-corrected chi connectivity index (χ1v) is 8.32. The van der Waals surface area contributed by atoms with Gasteiger partial charge in [0.15, 0.2) is 0 Å². The summed E-state index contributed by atoms with van der Waals surface area (Å²) in [5, 5.41) is 0. The van der Waals surface area contributed by atoms with Crippen LogP contribution >= 0.6 is 21.4 Å². The normalized spacial score (nSPS) is 14.0. The van der Waals surface area contributed by atoms with Crippen LogP contribution in [0.2, 0.25) is 0 Å². The third kappa shape index (κ3) is 6.94. The van der Waals surface area contributed by atoms with Crippen molar-refractivity contribution in [1.29, 1.82) is 0 Å². The van der Waals surface area contributed by atoms with Gasteiger partial charge in [-0.3, -0.25) is 0 Å². The van der Waals surface area contributed by atoms with Gasteiger partial charge in [0.05, 0.1) is 6.42 Å². The number of nitrogens with zero attached hydrogens (tertiary/aromatic N) is 2. The second-order valence-corrected chi connectivity index (χ2v) is 7.20. The molecule has 0 saturated carbocycles. The highest BCUT2D eigenvalue weighted by atomic mass is 36.0. The summed E-state index contributed by atoms with van der Waals surface area (Å²) in [4.78, 5) is 3.16. The molecule has 100 valence electrons. The summed E-state index contributed by atoms with van der Waals surface area (Å²) >= 11 is 0. The zero-order valence-electron chi connectivity index (χ0n) is 9.70. The fourth-order valence-corrected chi connectivity index (χ4v) is 1.46. The molecule has 0 spiro atoms. The van der Waals surface area contributed by atoms with E-state index in [4.69, 9.17) is 13.9 Å². The van der Waals surface area contributed by atoms with Gasteiger partial charge in [0.1, 0.15) is 0 Å². The number of hydrogen-bond acceptors (Lipinski definition) is 2. The molecule has 1 aliphatic rings. The third-order valence-corrected chi connectivity index (χ3v) is 2.22. The molecule has 0 N–H and O–H groups in total. The van der Waals surface area contributed by atoms with Crippen LogP contribution in [0.3, 0.4) is 0 Å². The molecule has 2 rings (SSSR count). The van der Waals surface area contributed by atoms with E-state index in [9.17, 15) is 0 Å². The van der Waals surface area contributed by atoms with E-state index >= 15 is 0 Å². The molecule has 19 heavy (non-hydrogen) atoms. The average Bonchev–Trinajstić information content (AvgIpc) is 2.38. The molecule has 0 unspecified atom stereocenters. The lowest BCUT2D eigenvalue weighted by Crippen LogP contribution is -1.98. The molecule has 0 aliphatic heterocycles. The Bertz CT molecular complexity index is 638. The minimum atomic E-state index is -3.72. The van der Waals surface area contributed by atoms with Gasteiger partial charge in [-0.1, -0.05) is 36.4 Å². The minimum Gasteiger partial charge on any atom is -0.361 e. The van der Waals surface area contributed by atoms with Gasteiger partial charge in [0, 0.05) is 27.4 Å². The Morgan fingerprint density at radius 1 is 1.11 bits per heavy atom. The predicted octanol–water partition coefficient (Wildman–Crippen LogP) is 3.41. The fourth-order valence-electron chi connectivity index (χ4n) is 1.46. The molecular formula is C12H10Cl2N2O2S. The molecule has 0 aromatic heterocycles. The average molecular weight is 317 g/mol. The van der Waals surface area contributed by atoms with Crippen LogP contribution in [-0.4, -0.2) is 18.9 Å². The summed E-state index contributed by atoms with van der Waals surface area (Å²) in [6.45, 7) is 0. The van der Waals surface area contributed by atoms with E-state index < -0.39 is 8.26 Å². The van der Waals surface area contributed by atoms with E-state index in [1.807, 2.05) is 30.4 Å². The Morgan fingerprint density at radius 2 is 1.68 bits per heavy atom. The molecule has 1 aromatic rings. The molecule has 0 fully saturated rings. The van der Waals surface area contributed by atoms with Crippen molar-refractivity contribution < 1.29 is 13.2 Å². The molecule has 0 saturated heterocycles. The van der Waals surface area contributed by atoms with Crippen LogP contribution in [0.5, 0.6) is 0 Å². The van der Waals surface area contributed by atoms with Gasteiger partial charge < -0.3 is 5.53 Å². The maximum atomic E-state index is 9.16. The molecule has 7 heteroatoms. The highest BCUT2D eigenvalue weighted by molar-refractivity contribution is 8.31. The second kappa shape index (κ2) is 7.26. The Morgan fingerprint density at radius 3 is 2.11 bits per heavy atom. The van der Waals surface area contributed by atoms with E-state index in [1.54, 1.807) is 0 Å². The van der Waals surface area contributed by atoms with Crippen molar-refractivity contribution in [2.45, 2.75) is 6.42 Å². The number of hydrogen-bond donors (Lipinski definition) is 0. The largest absolute Gasteiger partial charge is 0.361 e. The first-order chi connectivity index (χ1) is 8.90. The van der Waals surface area contributed by atoms with Crippen molar-refractivity contribution in [3.8, 4) is 0 Å². The van der Waals surface area contributed by atoms with Gasteiger partial charge in [0.2, 0.25) is 0 Å². The first-order valence-electron chi connectivity index (χ1n) is 5.19. The van der Waals surface area contributed by atoms with Crippen molar-refractivity contribution in [2.24, 2.45) is 0 Å². The van der Waals surface area contributed by atoms with Gasteiger partial charge in [-0.2, -0.15) is 13.2 Å². The Hall–Kier alpha value is -1.39. The molecule has 0 radical (unpaired) electrons. The summed E-state index contributed by atoms with van der Waals surface area (Å²) in [7, 11) is 4.81. The highest BCUT2D eigenvalue weighted by Gasteiger charge is 2.08. The predicted molar refractivity (Wildman–Crippen MR) is 77.4 cm³/mol. The quantitative estimate of drug-likeness (QED) is 0.452. The van der Waals surface area contributed by atoms with Crippen LogP contribution in [0.4, 0.5) is 0 Å². The maximum Gasteiger partial charge on any atom is 0.317 e. The van der Waals surface area contributed by atoms with Gasteiger partial charge in [-0.15, -0.1) is 0 Å². The summed E-state index contributed by atoms with van der Waals surface area (Å²) < 4.78 is 18.3. The van der Waals surface area contributed by atoms with E-state index in [-0.39, 0.29) is 0 Å². The van der Waals surface area contributed by atoms with E-state index in [1.165, 1.54) is 11.1 Å². The van der Waals surface area contributed by atoms with Crippen molar-refractivity contribution in [3.05, 3.63) is 59.7 Å². The van der Waals surface area contributed by atoms with Crippen LogP contribution < -0.4 is 0 Å². The molecule has 1 aliphatic carbocycles. The van der Waals surface area contributed by atoms with Crippen molar-refractivity contribution in [3.63, 3.8) is 0 Å². The Labute approximate surface area is 120 Å². The first kappa shape index (κ1) is 15.7. The molecule has 4 nitrogen and oxygen atoms in total. The zero-order chi connectivity index (χ0) is 14.3. The van der Waals surface area contributed by atoms with Crippen molar-refractivity contribution >= 4 is 40.9 Å². The third-order valence-electron chi connectivity index (χ3n) is 2.22. The standard InChI is InChI=1S/C12H10N2.Cl2O2S/c13-14-12-8-6-11(7-9-12)10-4-2-1-3-5-10;1-5(2,3)4/h1-8H,9H2;. The van der Waals surface area contributed by atoms with E-state index in [2.05, 4.69) is 44.4 Å². The summed E-state index contributed by atoms with van der Waals surface area (Å²) in [6, 6.07) is 10.2. The van der Waals surface area contributed by atoms with Crippen LogP contribution in [0.25, 0.3) is 11.1 Å². The molecular weight excluding hydrogens is 307 g/mol. The van der Waals surface area contributed by atoms with Crippen LogP contribution in [0, 0.1) is 0 Å². The second-order valence-electron chi connectivity index (χ2n) is 3.53. The Balaban J connectivity index is 0.000000312. The van der Waals surface area contributed by atoms with Crippen molar-refractivity contribution in [1.82, 2.24) is 0 Å². The lowest BCUT2D eigenvalue weighted by atomic mass is 9.99. The van der Waals surface area contributed by atoms with Gasteiger partial charge in [-0.05, 0) is 17.2 Å². The molecule has 1 aromatic carbocycles. The molecule has 0 bridgehead atoms. The summed E-state index contributed by atoms with van der Waals surface area (Å²) in [5.41, 5.74) is 11.6. The summed E-state index contributed by atoms with van der Waals surface area (Å²) in [6.07, 6.45) is 6.55. The topological polar surface area (TPSA) is 70.5 Å².